The van der Waals surface area contributed by atoms with Gasteiger partial charge in [0, 0.05) is 35.6 Å². The highest BCUT2D eigenvalue weighted by atomic mass is 14.9. The highest BCUT2D eigenvalue weighted by Crippen LogP contribution is 2.33. The van der Waals surface area contributed by atoms with Crippen molar-refractivity contribution in [1.82, 2.24) is 10.3 Å². The second-order valence-corrected chi connectivity index (χ2v) is 5.16. The SMILES string of the molecule is c1ccc([C@H]2CNCc3c2[nH]c2ccccc32)cc1. The van der Waals surface area contributed by atoms with E-state index in [1.165, 1.54) is 27.7 Å². The first kappa shape index (κ1) is 10.8. The van der Waals surface area contributed by atoms with E-state index in [9.17, 15) is 0 Å². The molecule has 2 nitrogen and oxygen atoms in total. The van der Waals surface area contributed by atoms with Gasteiger partial charge in [-0.15, -0.1) is 0 Å². The molecule has 0 saturated carbocycles. The monoisotopic (exact) mass is 248 g/mol. The smallest absolute Gasteiger partial charge is 0.0459 e. The second-order valence-electron chi connectivity index (χ2n) is 5.16. The average molecular weight is 248 g/mol. The summed E-state index contributed by atoms with van der Waals surface area (Å²) in [6.07, 6.45) is 0. The summed E-state index contributed by atoms with van der Waals surface area (Å²) in [6, 6.07) is 19.3. The molecule has 0 amide bonds. The van der Waals surface area contributed by atoms with E-state index >= 15 is 0 Å². The zero-order valence-corrected chi connectivity index (χ0v) is 10.7. The Morgan fingerprint density at radius 1 is 0.895 bits per heavy atom. The standard InChI is InChI=1S/C17H16N2/c1-2-6-12(7-3-1)14-10-18-11-15-13-8-4-5-9-16(13)19-17(14)15/h1-9,14,18-19H,10-11H2/t14-/m1/s1. The van der Waals surface area contributed by atoms with Gasteiger partial charge in [0.2, 0.25) is 0 Å². The van der Waals surface area contributed by atoms with Crippen LogP contribution < -0.4 is 5.32 Å². The first-order chi connectivity index (χ1) is 9.43. The van der Waals surface area contributed by atoms with Crippen molar-refractivity contribution in [2.45, 2.75) is 12.5 Å². The summed E-state index contributed by atoms with van der Waals surface area (Å²) < 4.78 is 0. The molecule has 0 fully saturated rings. The third-order valence-corrected chi connectivity index (χ3v) is 4.05. The quantitative estimate of drug-likeness (QED) is 0.678. The van der Waals surface area contributed by atoms with Crippen LogP contribution in [0, 0.1) is 0 Å². The lowest BCUT2D eigenvalue weighted by Gasteiger charge is -2.24. The highest BCUT2D eigenvalue weighted by Gasteiger charge is 2.24. The van der Waals surface area contributed by atoms with Crippen LogP contribution in [0.3, 0.4) is 0 Å². The zero-order chi connectivity index (χ0) is 12.7. The van der Waals surface area contributed by atoms with Crippen LogP contribution in [0.15, 0.2) is 54.6 Å². The molecule has 0 unspecified atom stereocenters. The van der Waals surface area contributed by atoms with Crippen LogP contribution >= 0.6 is 0 Å². The average Bonchev–Trinajstić information content (AvgIpc) is 2.87. The molecule has 2 N–H and O–H groups in total. The van der Waals surface area contributed by atoms with Crippen LogP contribution in [0.5, 0.6) is 0 Å². The predicted octanol–water partition coefficient (Wildman–Crippen LogP) is 3.40. The summed E-state index contributed by atoms with van der Waals surface area (Å²) in [7, 11) is 0. The summed E-state index contributed by atoms with van der Waals surface area (Å²) in [5.41, 5.74) is 5.43. The van der Waals surface area contributed by atoms with Crippen LogP contribution in [0.2, 0.25) is 0 Å². The van der Waals surface area contributed by atoms with E-state index in [-0.39, 0.29) is 0 Å². The number of hydrogen-bond donors (Lipinski definition) is 2. The van der Waals surface area contributed by atoms with Gasteiger partial charge in [-0.25, -0.2) is 0 Å². The van der Waals surface area contributed by atoms with E-state index in [4.69, 9.17) is 0 Å². The maximum absolute atomic E-state index is 3.62. The molecule has 0 spiro atoms. The lowest BCUT2D eigenvalue weighted by Crippen LogP contribution is -2.28. The van der Waals surface area contributed by atoms with E-state index in [1.54, 1.807) is 0 Å². The number of para-hydroxylation sites is 1. The Kier molecular flexibility index (Phi) is 2.42. The number of aromatic nitrogens is 1. The lowest BCUT2D eigenvalue weighted by atomic mass is 9.90. The van der Waals surface area contributed by atoms with Crippen LogP contribution in [0.1, 0.15) is 22.7 Å². The van der Waals surface area contributed by atoms with Gasteiger partial charge < -0.3 is 10.3 Å². The Hall–Kier alpha value is -2.06. The number of rotatable bonds is 1. The molecule has 94 valence electrons. The third kappa shape index (κ3) is 1.68. The number of nitrogens with one attached hydrogen (secondary N) is 2. The van der Waals surface area contributed by atoms with Gasteiger partial charge in [0.1, 0.15) is 0 Å². The molecule has 0 aliphatic carbocycles. The van der Waals surface area contributed by atoms with Crippen LogP contribution in [-0.4, -0.2) is 11.5 Å². The van der Waals surface area contributed by atoms with Gasteiger partial charge in [-0.2, -0.15) is 0 Å². The molecular formula is C17H16N2. The van der Waals surface area contributed by atoms with E-state index in [0.717, 1.165) is 13.1 Å². The molecule has 1 aromatic heterocycles. The van der Waals surface area contributed by atoms with Crippen LogP contribution in [0.25, 0.3) is 10.9 Å². The molecule has 0 saturated heterocycles. The van der Waals surface area contributed by atoms with Crippen molar-refractivity contribution in [2.75, 3.05) is 6.54 Å². The van der Waals surface area contributed by atoms with Crippen LogP contribution in [0.4, 0.5) is 0 Å². The fourth-order valence-corrected chi connectivity index (χ4v) is 3.12. The number of fused-ring (bicyclic) bond motifs is 3. The van der Waals surface area contributed by atoms with Crippen molar-refractivity contribution < 1.29 is 0 Å². The summed E-state index contributed by atoms with van der Waals surface area (Å²) >= 11 is 0. The minimum absolute atomic E-state index is 0.428. The van der Waals surface area contributed by atoms with Crippen molar-refractivity contribution in [3.05, 3.63) is 71.4 Å². The predicted molar refractivity (Wildman–Crippen MR) is 78.3 cm³/mol. The fraction of sp³-hybridized carbons (Fsp3) is 0.176. The molecule has 1 atom stereocenters. The van der Waals surface area contributed by atoms with Crippen molar-refractivity contribution in [3.63, 3.8) is 0 Å². The van der Waals surface area contributed by atoms with Crippen molar-refractivity contribution in [2.24, 2.45) is 0 Å². The largest absolute Gasteiger partial charge is 0.358 e. The van der Waals surface area contributed by atoms with Gasteiger partial charge in [0.25, 0.3) is 0 Å². The molecular weight excluding hydrogens is 232 g/mol. The van der Waals surface area contributed by atoms with Crippen molar-refractivity contribution in [3.8, 4) is 0 Å². The van der Waals surface area contributed by atoms with Gasteiger partial charge in [-0.3, -0.25) is 0 Å². The number of hydrogen-bond acceptors (Lipinski definition) is 1. The molecule has 2 aromatic carbocycles. The molecule has 0 bridgehead atoms. The number of aromatic amines is 1. The zero-order valence-electron chi connectivity index (χ0n) is 10.7. The normalized spacial score (nSPS) is 18.4. The lowest BCUT2D eigenvalue weighted by molar-refractivity contribution is 0.586. The second kappa shape index (κ2) is 4.25. The first-order valence-electron chi connectivity index (χ1n) is 6.78. The Bertz CT molecular complexity index is 712. The third-order valence-electron chi connectivity index (χ3n) is 4.05. The minimum Gasteiger partial charge on any atom is -0.358 e. The molecule has 19 heavy (non-hydrogen) atoms. The number of benzene rings is 2. The van der Waals surface area contributed by atoms with E-state index < -0.39 is 0 Å². The Labute approximate surface area is 112 Å². The topological polar surface area (TPSA) is 27.8 Å². The van der Waals surface area contributed by atoms with Crippen molar-refractivity contribution >= 4 is 10.9 Å². The van der Waals surface area contributed by atoms with Crippen molar-refractivity contribution in [1.29, 1.82) is 0 Å². The maximum Gasteiger partial charge on any atom is 0.0459 e. The minimum atomic E-state index is 0.428. The maximum atomic E-state index is 3.62. The van der Waals surface area contributed by atoms with E-state index in [0.29, 0.717) is 5.92 Å². The summed E-state index contributed by atoms with van der Waals surface area (Å²) in [6.45, 7) is 1.96. The molecule has 1 aliphatic rings. The van der Waals surface area contributed by atoms with Crippen LogP contribution in [-0.2, 0) is 6.54 Å². The highest BCUT2D eigenvalue weighted by molar-refractivity contribution is 5.85. The number of H-pyrrole nitrogens is 1. The molecule has 4 rings (SSSR count). The van der Waals surface area contributed by atoms with Gasteiger partial charge >= 0.3 is 0 Å². The molecule has 3 aromatic rings. The Morgan fingerprint density at radius 3 is 2.58 bits per heavy atom. The van der Waals surface area contributed by atoms with Gasteiger partial charge in [-0.1, -0.05) is 48.5 Å². The van der Waals surface area contributed by atoms with Gasteiger partial charge in [0.15, 0.2) is 0 Å². The Balaban J connectivity index is 1.91. The Morgan fingerprint density at radius 2 is 1.68 bits per heavy atom. The molecule has 0 radical (unpaired) electrons. The molecule has 1 aliphatic heterocycles. The molecule has 2 heteroatoms. The van der Waals surface area contributed by atoms with E-state index in [2.05, 4.69) is 64.9 Å². The van der Waals surface area contributed by atoms with Gasteiger partial charge in [-0.05, 0) is 17.2 Å². The summed E-state index contributed by atoms with van der Waals surface area (Å²) in [5, 5.41) is 4.90. The summed E-state index contributed by atoms with van der Waals surface area (Å²) in [5.74, 6) is 0.428. The first-order valence-corrected chi connectivity index (χ1v) is 6.78. The molecule has 2 heterocycles. The summed E-state index contributed by atoms with van der Waals surface area (Å²) in [4.78, 5) is 3.62. The van der Waals surface area contributed by atoms with E-state index in [1.807, 2.05) is 0 Å². The van der Waals surface area contributed by atoms with Gasteiger partial charge in [0.05, 0.1) is 0 Å². The fourth-order valence-electron chi connectivity index (χ4n) is 3.12.